The number of carbonyl (C=O) groups excluding carboxylic acids is 1. The maximum absolute atomic E-state index is 11.0. The van der Waals surface area contributed by atoms with E-state index in [0.717, 1.165) is 11.1 Å². The predicted octanol–water partition coefficient (Wildman–Crippen LogP) is 1.64. The average Bonchev–Trinajstić information content (AvgIpc) is 2.50. The largest absolute Gasteiger partial charge is 0.468 e. The molecule has 0 aliphatic rings. The van der Waals surface area contributed by atoms with Crippen molar-refractivity contribution in [2.45, 2.75) is 0 Å². The smallest absolute Gasteiger partial charge is 0.325 e. The molecule has 1 aromatic rings. The molecule has 0 heterocycles. The molecule has 0 aromatic heterocycles. The molecule has 0 radical (unpaired) electrons. The number of thiocarbonyl (C=S) groups is 1. The van der Waals surface area contributed by atoms with Crippen LogP contribution in [0.25, 0.3) is 6.08 Å². The molecule has 1 rings (SSSR count). The van der Waals surface area contributed by atoms with Crippen molar-refractivity contribution in [1.29, 1.82) is 0 Å². The Balaban J connectivity index is 2.53. The molecule has 0 amide bonds. The minimum atomic E-state index is -0.384. The Hall–Kier alpha value is -2.21. The average molecular weight is 291 g/mol. The van der Waals surface area contributed by atoms with Crippen LogP contribution in [0, 0.1) is 0 Å². The van der Waals surface area contributed by atoms with Crippen LogP contribution < -0.4 is 5.32 Å². The van der Waals surface area contributed by atoms with Gasteiger partial charge < -0.3 is 10.1 Å². The van der Waals surface area contributed by atoms with Gasteiger partial charge in [-0.05, 0) is 23.3 Å². The first-order valence-electron chi connectivity index (χ1n) is 5.91. The van der Waals surface area contributed by atoms with Crippen LogP contribution in [-0.4, -0.2) is 43.0 Å². The Kier molecular flexibility index (Phi) is 6.39. The highest BCUT2D eigenvalue weighted by Gasteiger charge is 2.04. The summed E-state index contributed by atoms with van der Waals surface area (Å²) in [6, 6.07) is 7.75. The highest BCUT2D eigenvalue weighted by atomic mass is 32.1. The van der Waals surface area contributed by atoms with Gasteiger partial charge in [0.2, 0.25) is 0 Å². The molecule has 0 saturated carbocycles. The maximum atomic E-state index is 11.0. The fourth-order valence-electron chi connectivity index (χ4n) is 1.26. The summed E-state index contributed by atoms with van der Waals surface area (Å²) in [5, 5.41) is 8.74. The van der Waals surface area contributed by atoms with Gasteiger partial charge in [0.1, 0.15) is 6.54 Å². The number of carbonyl (C=O) groups is 1. The van der Waals surface area contributed by atoms with Gasteiger partial charge in [0, 0.05) is 7.05 Å². The van der Waals surface area contributed by atoms with E-state index >= 15 is 0 Å². The van der Waals surface area contributed by atoms with Crippen LogP contribution in [-0.2, 0) is 9.53 Å². The van der Waals surface area contributed by atoms with Gasteiger partial charge in [0.05, 0.1) is 13.3 Å². The van der Waals surface area contributed by atoms with Gasteiger partial charge in [0.15, 0.2) is 5.11 Å². The second-order valence-electron chi connectivity index (χ2n) is 3.87. The minimum absolute atomic E-state index is 0.0171. The first-order chi connectivity index (χ1) is 9.56. The van der Waals surface area contributed by atoms with E-state index in [0.29, 0.717) is 5.11 Å². The maximum Gasteiger partial charge on any atom is 0.325 e. The molecule has 0 aliphatic heterocycles. The summed E-state index contributed by atoms with van der Waals surface area (Å²) >= 11 is 5.08. The van der Waals surface area contributed by atoms with Crippen molar-refractivity contribution < 1.29 is 9.53 Å². The van der Waals surface area contributed by atoms with E-state index in [-0.39, 0.29) is 12.5 Å². The Morgan fingerprint density at radius 1 is 1.45 bits per heavy atom. The SMILES string of the molecule is C=Cc1ccc(C=NN(C)C(=S)NCC(=O)OC)cc1. The number of ether oxygens (including phenoxy) is 1. The molecule has 6 heteroatoms. The monoisotopic (exact) mass is 291 g/mol. The zero-order valence-electron chi connectivity index (χ0n) is 11.5. The summed E-state index contributed by atoms with van der Waals surface area (Å²) in [5.74, 6) is -0.384. The number of hydrazone groups is 1. The topological polar surface area (TPSA) is 53.9 Å². The van der Waals surface area contributed by atoms with Gasteiger partial charge in [-0.2, -0.15) is 5.10 Å². The van der Waals surface area contributed by atoms with Gasteiger partial charge in [0.25, 0.3) is 0 Å². The van der Waals surface area contributed by atoms with Gasteiger partial charge in [-0.25, -0.2) is 5.01 Å². The lowest BCUT2D eigenvalue weighted by atomic mass is 10.1. The predicted molar refractivity (Wildman–Crippen MR) is 84.5 cm³/mol. The van der Waals surface area contributed by atoms with Crippen molar-refractivity contribution >= 4 is 35.6 Å². The lowest BCUT2D eigenvalue weighted by Gasteiger charge is -2.14. The lowest BCUT2D eigenvalue weighted by Crippen LogP contribution is -2.37. The normalized spacial score (nSPS) is 10.1. The van der Waals surface area contributed by atoms with Crippen LogP contribution in [0.4, 0.5) is 0 Å². The molecule has 0 unspecified atom stereocenters. The molecule has 0 spiro atoms. The van der Waals surface area contributed by atoms with E-state index in [2.05, 4.69) is 21.7 Å². The third-order valence-electron chi connectivity index (χ3n) is 2.46. The first kappa shape index (κ1) is 15.8. The summed E-state index contributed by atoms with van der Waals surface area (Å²) in [6.07, 6.45) is 3.46. The van der Waals surface area contributed by atoms with Gasteiger partial charge in [-0.1, -0.05) is 36.9 Å². The highest BCUT2D eigenvalue weighted by Crippen LogP contribution is 2.03. The van der Waals surface area contributed by atoms with Crippen LogP contribution >= 0.6 is 12.2 Å². The second-order valence-corrected chi connectivity index (χ2v) is 4.26. The Bertz CT molecular complexity index is 512. The van der Waals surface area contributed by atoms with Crippen molar-refractivity contribution in [3.8, 4) is 0 Å². The quantitative estimate of drug-likeness (QED) is 0.387. The fraction of sp³-hybridized carbons (Fsp3) is 0.214. The van der Waals surface area contributed by atoms with E-state index in [4.69, 9.17) is 12.2 Å². The molecule has 0 saturated heterocycles. The minimum Gasteiger partial charge on any atom is -0.468 e. The molecule has 0 bridgehead atoms. The molecule has 106 valence electrons. The van der Waals surface area contributed by atoms with Gasteiger partial charge >= 0.3 is 5.97 Å². The van der Waals surface area contributed by atoms with E-state index < -0.39 is 0 Å². The van der Waals surface area contributed by atoms with Crippen molar-refractivity contribution in [2.75, 3.05) is 20.7 Å². The van der Waals surface area contributed by atoms with E-state index in [1.165, 1.54) is 12.1 Å². The number of benzene rings is 1. The molecule has 5 nitrogen and oxygen atoms in total. The van der Waals surface area contributed by atoms with Crippen LogP contribution in [0.1, 0.15) is 11.1 Å². The molecule has 0 atom stereocenters. The zero-order valence-corrected chi connectivity index (χ0v) is 12.3. The van der Waals surface area contributed by atoms with Gasteiger partial charge in [-0.3, -0.25) is 4.79 Å². The second kappa shape index (κ2) is 8.06. The van der Waals surface area contributed by atoms with Crippen LogP contribution in [0.15, 0.2) is 35.9 Å². The summed E-state index contributed by atoms with van der Waals surface area (Å²) in [7, 11) is 3.02. The zero-order chi connectivity index (χ0) is 15.0. The van der Waals surface area contributed by atoms with Crippen LogP contribution in [0.2, 0.25) is 0 Å². The summed E-state index contributed by atoms with van der Waals surface area (Å²) in [4.78, 5) is 11.0. The fourth-order valence-corrected chi connectivity index (χ4v) is 1.38. The number of hydrogen-bond donors (Lipinski definition) is 1. The van der Waals surface area contributed by atoms with Crippen LogP contribution in [0.5, 0.6) is 0 Å². The molecule has 1 aromatic carbocycles. The summed E-state index contributed by atoms with van der Waals surface area (Å²) in [5.41, 5.74) is 1.99. The molecular formula is C14H17N3O2S. The summed E-state index contributed by atoms with van der Waals surface area (Å²) in [6.45, 7) is 3.71. The van der Waals surface area contributed by atoms with Crippen LogP contribution in [0.3, 0.4) is 0 Å². The van der Waals surface area contributed by atoms with E-state index in [1.54, 1.807) is 19.3 Å². The van der Waals surface area contributed by atoms with Crippen molar-refractivity contribution in [3.63, 3.8) is 0 Å². The lowest BCUT2D eigenvalue weighted by molar-refractivity contribution is -0.139. The van der Waals surface area contributed by atoms with Crippen molar-refractivity contribution in [2.24, 2.45) is 5.10 Å². The third-order valence-corrected chi connectivity index (χ3v) is 2.87. The first-order valence-corrected chi connectivity index (χ1v) is 6.32. The highest BCUT2D eigenvalue weighted by molar-refractivity contribution is 7.80. The van der Waals surface area contributed by atoms with Crippen molar-refractivity contribution in [3.05, 3.63) is 42.0 Å². The number of hydrogen-bond acceptors (Lipinski definition) is 4. The Morgan fingerprint density at radius 2 is 2.05 bits per heavy atom. The third kappa shape index (κ3) is 5.19. The molecule has 0 fully saturated rings. The Labute approximate surface area is 123 Å². The Morgan fingerprint density at radius 3 is 2.60 bits per heavy atom. The molecular weight excluding hydrogens is 274 g/mol. The molecule has 1 N–H and O–H groups in total. The number of rotatable bonds is 5. The van der Waals surface area contributed by atoms with Crippen molar-refractivity contribution in [1.82, 2.24) is 10.3 Å². The number of methoxy groups -OCH3 is 1. The van der Waals surface area contributed by atoms with Gasteiger partial charge in [-0.15, -0.1) is 0 Å². The number of esters is 1. The standard InChI is InChI=1S/C14H17N3O2S/c1-4-11-5-7-12(8-6-11)9-16-17(2)14(20)15-10-13(18)19-3/h4-9H,1,10H2,2-3H3,(H,15,20). The molecule has 0 aliphatic carbocycles. The number of nitrogens with zero attached hydrogens (tertiary/aromatic N) is 2. The van der Waals surface area contributed by atoms with E-state index in [9.17, 15) is 4.79 Å². The summed E-state index contributed by atoms with van der Waals surface area (Å²) < 4.78 is 4.51. The number of nitrogens with one attached hydrogen (secondary N) is 1. The molecule has 20 heavy (non-hydrogen) atoms. The van der Waals surface area contributed by atoms with E-state index in [1.807, 2.05) is 24.3 Å².